The normalized spacial score (nSPS) is 12.6. The van der Waals surface area contributed by atoms with Crippen LogP contribution in [0, 0.1) is 5.82 Å². The Bertz CT molecular complexity index is 527. The molecule has 0 bridgehead atoms. The summed E-state index contributed by atoms with van der Waals surface area (Å²) in [4.78, 5) is 0.928. The number of thioether (sulfide) groups is 1. The average Bonchev–Trinajstić information content (AvgIpc) is 2.80. The lowest BCUT2D eigenvalue weighted by molar-refractivity contribution is 0.624. The van der Waals surface area contributed by atoms with Crippen molar-refractivity contribution >= 4 is 11.8 Å². The average molecular weight is 279 g/mol. The zero-order valence-corrected chi connectivity index (χ0v) is 11.7. The molecular weight excluding hydrogens is 261 g/mol. The smallest absolute Gasteiger partial charge is 0.124 e. The van der Waals surface area contributed by atoms with E-state index in [1.807, 2.05) is 25.5 Å². The molecule has 102 valence electrons. The largest absolute Gasteiger partial charge is 0.327 e. The number of rotatable bonds is 6. The number of nitrogens with two attached hydrogens (primary N) is 1. The van der Waals surface area contributed by atoms with E-state index in [0.29, 0.717) is 0 Å². The standard InChI is InChI=1S/C14H18FN3S/c1-18-9-11(8-17-18)5-6-13(16)10-19-14-4-2-3-12(15)7-14/h2-4,7-9,13H,5-6,10,16H2,1H3. The second-order valence-corrected chi connectivity index (χ2v) is 5.68. The molecule has 1 atom stereocenters. The zero-order chi connectivity index (χ0) is 13.7. The van der Waals surface area contributed by atoms with Gasteiger partial charge in [0.05, 0.1) is 6.20 Å². The molecule has 0 spiro atoms. The topological polar surface area (TPSA) is 43.8 Å². The first-order valence-corrected chi connectivity index (χ1v) is 7.23. The van der Waals surface area contributed by atoms with Crippen molar-refractivity contribution in [1.82, 2.24) is 9.78 Å². The van der Waals surface area contributed by atoms with Gasteiger partial charge in [-0.05, 0) is 36.6 Å². The SMILES string of the molecule is Cn1cc(CCC(N)CSc2cccc(F)c2)cn1. The molecular formula is C14H18FN3S. The monoisotopic (exact) mass is 279 g/mol. The molecule has 5 heteroatoms. The molecule has 1 aromatic heterocycles. The first kappa shape index (κ1) is 14.1. The van der Waals surface area contributed by atoms with Gasteiger partial charge in [-0.1, -0.05) is 6.07 Å². The summed E-state index contributed by atoms with van der Waals surface area (Å²) in [5.41, 5.74) is 7.27. The van der Waals surface area contributed by atoms with Crippen molar-refractivity contribution in [2.75, 3.05) is 5.75 Å². The highest BCUT2D eigenvalue weighted by molar-refractivity contribution is 7.99. The highest BCUT2D eigenvalue weighted by Crippen LogP contribution is 2.20. The van der Waals surface area contributed by atoms with E-state index in [1.165, 1.54) is 11.6 Å². The Labute approximate surface area is 117 Å². The molecule has 0 saturated carbocycles. The number of halogens is 1. The molecule has 0 fully saturated rings. The van der Waals surface area contributed by atoms with Gasteiger partial charge in [0.25, 0.3) is 0 Å². The van der Waals surface area contributed by atoms with Gasteiger partial charge in [0.1, 0.15) is 5.82 Å². The fraction of sp³-hybridized carbons (Fsp3) is 0.357. The molecule has 2 N–H and O–H groups in total. The summed E-state index contributed by atoms with van der Waals surface area (Å²) in [5, 5.41) is 4.13. The number of aryl methyl sites for hydroxylation is 2. The van der Waals surface area contributed by atoms with Crippen LogP contribution in [0.4, 0.5) is 4.39 Å². The molecule has 2 aromatic rings. The zero-order valence-electron chi connectivity index (χ0n) is 10.9. The lowest BCUT2D eigenvalue weighted by Gasteiger charge is -2.10. The second-order valence-electron chi connectivity index (χ2n) is 4.59. The lowest BCUT2D eigenvalue weighted by atomic mass is 10.1. The Morgan fingerprint density at radius 1 is 1.47 bits per heavy atom. The number of aromatic nitrogens is 2. The Morgan fingerprint density at radius 3 is 3.00 bits per heavy atom. The summed E-state index contributed by atoms with van der Waals surface area (Å²) in [6.45, 7) is 0. The predicted octanol–water partition coefficient (Wildman–Crippen LogP) is 2.61. The molecule has 0 aliphatic heterocycles. The van der Waals surface area contributed by atoms with E-state index in [2.05, 4.69) is 5.10 Å². The van der Waals surface area contributed by atoms with Crippen LogP contribution in [-0.4, -0.2) is 21.6 Å². The summed E-state index contributed by atoms with van der Waals surface area (Å²) in [7, 11) is 1.91. The lowest BCUT2D eigenvalue weighted by Crippen LogP contribution is -2.23. The minimum absolute atomic E-state index is 0.105. The van der Waals surface area contributed by atoms with Gasteiger partial charge in [0.2, 0.25) is 0 Å². The molecule has 2 rings (SSSR count). The van der Waals surface area contributed by atoms with Crippen LogP contribution in [0.2, 0.25) is 0 Å². The van der Waals surface area contributed by atoms with E-state index in [9.17, 15) is 4.39 Å². The summed E-state index contributed by atoms with van der Waals surface area (Å²) < 4.78 is 14.8. The van der Waals surface area contributed by atoms with E-state index in [1.54, 1.807) is 28.6 Å². The molecule has 1 heterocycles. The van der Waals surface area contributed by atoms with Gasteiger partial charge in [-0.3, -0.25) is 4.68 Å². The molecule has 0 saturated heterocycles. The van der Waals surface area contributed by atoms with Gasteiger partial charge >= 0.3 is 0 Å². The van der Waals surface area contributed by atoms with Gasteiger partial charge in [0.15, 0.2) is 0 Å². The minimum Gasteiger partial charge on any atom is -0.327 e. The van der Waals surface area contributed by atoms with E-state index in [4.69, 9.17) is 5.73 Å². The highest BCUT2D eigenvalue weighted by Gasteiger charge is 2.06. The first-order chi connectivity index (χ1) is 9.13. The van der Waals surface area contributed by atoms with Crippen molar-refractivity contribution in [1.29, 1.82) is 0 Å². The third-order valence-corrected chi connectivity index (χ3v) is 4.00. The molecule has 0 aliphatic rings. The van der Waals surface area contributed by atoms with Gasteiger partial charge in [0, 0.05) is 29.9 Å². The van der Waals surface area contributed by atoms with Crippen LogP contribution in [0.5, 0.6) is 0 Å². The quantitative estimate of drug-likeness (QED) is 0.827. The molecule has 0 amide bonds. The second kappa shape index (κ2) is 6.73. The van der Waals surface area contributed by atoms with Crippen molar-refractivity contribution in [2.45, 2.75) is 23.8 Å². The number of hydrogen-bond acceptors (Lipinski definition) is 3. The van der Waals surface area contributed by atoms with Crippen molar-refractivity contribution in [3.8, 4) is 0 Å². The summed E-state index contributed by atoms with van der Waals surface area (Å²) in [6.07, 6.45) is 5.71. The van der Waals surface area contributed by atoms with Crippen molar-refractivity contribution in [3.05, 3.63) is 48.0 Å². The Morgan fingerprint density at radius 2 is 2.32 bits per heavy atom. The van der Waals surface area contributed by atoms with Crippen LogP contribution >= 0.6 is 11.8 Å². The molecule has 0 radical (unpaired) electrons. The maximum Gasteiger partial charge on any atom is 0.124 e. The van der Waals surface area contributed by atoms with Crippen LogP contribution in [-0.2, 0) is 13.5 Å². The van der Waals surface area contributed by atoms with Gasteiger partial charge < -0.3 is 5.73 Å². The van der Waals surface area contributed by atoms with E-state index in [0.717, 1.165) is 23.5 Å². The van der Waals surface area contributed by atoms with Gasteiger partial charge in [-0.25, -0.2) is 4.39 Å². The van der Waals surface area contributed by atoms with Crippen LogP contribution in [0.15, 0.2) is 41.6 Å². The van der Waals surface area contributed by atoms with Crippen LogP contribution in [0.1, 0.15) is 12.0 Å². The van der Waals surface area contributed by atoms with Crippen molar-refractivity contribution in [3.63, 3.8) is 0 Å². The molecule has 1 unspecified atom stereocenters. The number of benzene rings is 1. The fourth-order valence-corrected chi connectivity index (χ4v) is 2.74. The summed E-state index contributed by atoms with van der Waals surface area (Å²) in [5.74, 6) is 0.595. The summed E-state index contributed by atoms with van der Waals surface area (Å²) >= 11 is 1.60. The Hall–Kier alpha value is -1.33. The molecule has 1 aromatic carbocycles. The van der Waals surface area contributed by atoms with E-state index in [-0.39, 0.29) is 11.9 Å². The fourth-order valence-electron chi connectivity index (χ4n) is 1.80. The first-order valence-electron chi connectivity index (χ1n) is 6.25. The van der Waals surface area contributed by atoms with Crippen LogP contribution in [0.3, 0.4) is 0 Å². The predicted molar refractivity (Wildman–Crippen MR) is 76.6 cm³/mol. The third kappa shape index (κ3) is 4.69. The molecule has 19 heavy (non-hydrogen) atoms. The Balaban J connectivity index is 1.74. The Kier molecular flexibility index (Phi) is 4.99. The van der Waals surface area contributed by atoms with Crippen LogP contribution in [0.25, 0.3) is 0 Å². The maximum atomic E-state index is 13.0. The van der Waals surface area contributed by atoms with Crippen molar-refractivity contribution in [2.24, 2.45) is 12.8 Å². The van der Waals surface area contributed by atoms with Gasteiger partial charge in [-0.2, -0.15) is 5.10 Å². The third-order valence-electron chi connectivity index (χ3n) is 2.82. The maximum absolute atomic E-state index is 13.0. The van der Waals surface area contributed by atoms with Crippen molar-refractivity contribution < 1.29 is 4.39 Å². The minimum atomic E-state index is -0.200. The number of hydrogen-bond donors (Lipinski definition) is 1. The van der Waals surface area contributed by atoms with Crippen LogP contribution < -0.4 is 5.73 Å². The van der Waals surface area contributed by atoms with E-state index < -0.39 is 0 Å². The molecule has 0 aliphatic carbocycles. The van der Waals surface area contributed by atoms with Gasteiger partial charge in [-0.15, -0.1) is 11.8 Å². The summed E-state index contributed by atoms with van der Waals surface area (Å²) in [6, 6.07) is 6.72. The van der Waals surface area contributed by atoms with E-state index >= 15 is 0 Å². The molecule has 3 nitrogen and oxygen atoms in total. The number of nitrogens with zero attached hydrogens (tertiary/aromatic N) is 2. The highest BCUT2D eigenvalue weighted by atomic mass is 32.2.